The number of carbonyl (C=O) groups excluding carboxylic acids is 1. The topological polar surface area (TPSA) is 17.1 Å². The number of halogens is 4. The third-order valence-electron chi connectivity index (χ3n) is 2.25. The molecule has 1 nitrogen and oxygen atoms in total. The molecule has 0 saturated heterocycles. The first-order chi connectivity index (χ1) is 8.47. The number of hydrogen-bond acceptors (Lipinski definition) is 2. The van der Waals surface area contributed by atoms with Crippen LogP contribution >= 0.6 is 38.9 Å². The van der Waals surface area contributed by atoms with Crippen LogP contribution in [-0.4, -0.2) is 5.78 Å². The molecule has 2 rings (SSSR count). The van der Waals surface area contributed by atoms with E-state index in [-0.39, 0.29) is 10.9 Å². The Balaban J connectivity index is 2.29. The number of benzene rings is 1. The number of thiophene rings is 1. The van der Waals surface area contributed by atoms with E-state index in [9.17, 15) is 13.6 Å². The molecule has 0 radical (unpaired) electrons. The Bertz CT molecular complexity index is 589. The summed E-state index contributed by atoms with van der Waals surface area (Å²) in [4.78, 5) is 12.5. The van der Waals surface area contributed by atoms with Gasteiger partial charge >= 0.3 is 0 Å². The second-order valence-corrected chi connectivity index (χ2v) is 6.27. The third-order valence-corrected chi connectivity index (χ3v) is 3.94. The predicted octanol–water partition coefficient (Wildman–Crippen LogP) is 4.87. The summed E-state index contributed by atoms with van der Waals surface area (Å²) in [5.74, 6) is -2.33. The highest BCUT2D eigenvalue weighted by Crippen LogP contribution is 2.25. The average molecular weight is 352 g/mol. The summed E-state index contributed by atoms with van der Waals surface area (Å²) in [5, 5.41) is 0. The molecular formula is C12H6BrClF2OS. The smallest absolute Gasteiger partial charge is 0.173 e. The van der Waals surface area contributed by atoms with Crippen LogP contribution in [0.4, 0.5) is 8.78 Å². The van der Waals surface area contributed by atoms with Crippen LogP contribution in [0.15, 0.2) is 28.7 Å². The molecule has 0 amide bonds. The fourth-order valence-electron chi connectivity index (χ4n) is 1.50. The van der Waals surface area contributed by atoms with E-state index in [0.29, 0.717) is 9.21 Å². The summed E-state index contributed by atoms with van der Waals surface area (Å²) in [6.07, 6.45) is -0.0626. The number of Topliss-reactive ketones (excluding diaryl/α,β-unsaturated/α-hetero) is 1. The highest BCUT2D eigenvalue weighted by molar-refractivity contribution is 9.10. The molecule has 0 aliphatic rings. The largest absolute Gasteiger partial charge is 0.294 e. The van der Waals surface area contributed by atoms with Gasteiger partial charge in [0.2, 0.25) is 0 Å². The van der Waals surface area contributed by atoms with Gasteiger partial charge in [0.05, 0.1) is 9.90 Å². The van der Waals surface area contributed by atoms with Crippen LogP contribution in [0.5, 0.6) is 0 Å². The molecular weight excluding hydrogens is 346 g/mol. The Labute approximate surface area is 120 Å². The van der Waals surface area contributed by atoms with Crippen LogP contribution in [0, 0.1) is 11.6 Å². The quantitative estimate of drug-likeness (QED) is 0.721. The number of hydrogen-bond donors (Lipinski definition) is 0. The number of carbonyl (C=O) groups is 1. The SMILES string of the molecule is O=C(Cc1ccc(Cl)s1)c1c(F)cc(Br)cc1F. The maximum Gasteiger partial charge on any atom is 0.173 e. The molecule has 0 N–H and O–H groups in total. The summed E-state index contributed by atoms with van der Waals surface area (Å²) >= 11 is 9.90. The van der Waals surface area contributed by atoms with E-state index in [0.717, 1.165) is 12.1 Å². The van der Waals surface area contributed by atoms with Crippen molar-refractivity contribution in [2.24, 2.45) is 0 Å². The lowest BCUT2D eigenvalue weighted by molar-refractivity contribution is 0.0985. The summed E-state index contributed by atoms with van der Waals surface area (Å²) in [6, 6.07) is 5.44. The zero-order chi connectivity index (χ0) is 13.3. The van der Waals surface area contributed by atoms with Crippen molar-refractivity contribution in [2.45, 2.75) is 6.42 Å². The lowest BCUT2D eigenvalue weighted by atomic mass is 10.1. The molecule has 1 aromatic heterocycles. The van der Waals surface area contributed by atoms with Gasteiger partial charge in [-0.25, -0.2) is 8.78 Å². The monoisotopic (exact) mass is 350 g/mol. The van der Waals surface area contributed by atoms with Gasteiger partial charge in [0.1, 0.15) is 11.6 Å². The van der Waals surface area contributed by atoms with Gasteiger partial charge in [-0.3, -0.25) is 4.79 Å². The van der Waals surface area contributed by atoms with Gasteiger partial charge < -0.3 is 0 Å². The first-order valence-electron chi connectivity index (χ1n) is 4.89. The minimum Gasteiger partial charge on any atom is -0.294 e. The second-order valence-electron chi connectivity index (χ2n) is 3.55. The molecule has 0 unspecified atom stereocenters. The minimum atomic E-state index is -0.866. The van der Waals surface area contributed by atoms with Crippen molar-refractivity contribution in [3.05, 3.63) is 55.1 Å². The summed E-state index contributed by atoms with van der Waals surface area (Å²) < 4.78 is 27.9. The van der Waals surface area contributed by atoms with Crippen LogP contribution in [0.2, 0.25) is 4.34 Å². The molecule has 0 bridgehead atoms. The van der Waals surface area contributed by atoms with Gasteiger partial charge in [0, 0.05) is 15.8 Å². The Morgan fingerprint density at radius 3 is 2.39 bits per heavy atom. The van der Waals surface area contributed by atoms with Crippen LogP contribution in [0.3, 0.4) is 0 Å². The van der Waals surface area contributed by atoms with E-state index >= 15 is 0 Å². The molecule has 2 aromatic rings. The highest BCUT2D eigenvalue weighted by atomic mass is 79.9. The number of ketones is 1. The van der Waals surface area contributed by atoms with E-state index in [1.54, 1.807) is 12.1 Å². The Kier molecular flexibility index (Phi) is 4.14. The van der Waals surface area contributed by atoms with Gasteiger partial charge in [-0.05, 0) is 24.3 Å². The van der Waals surface area contributed by atoms with Gasteiger partial charge in [-0.2, -0.15) is 0 Å². The molecule has 18 heavy (non-hydrogen) atoms. The molecule has 0 spiro atoms. The predicted molar refractivity (Wildman–Crippen MR) is 71.4 cm³/mol. The van der Waals surface area contributed by atoms with Gasteiger partial charge in [-0.1, -0.05) is 27.5 Å². The zero-order valence-corrected chi connectivity index (χ0v) is 12.0. The summed E-state index contributed by atoms with van der Waals surface area (Å²) in [7, 11) is 0. The van der Waals surface area contributed by atoms with Crippen molar-refractivity contribution in [2.75, 3.05) is 0 Å². The van der Waals surface area contributed by atoms with Crippen LogP contribution in [0.1, 0.15) is 15.2 Å². The van der Waals surface area contributed by atoms with Gasteiger partial charge in [0.25, 0.3) is 0 Å². The zero-order valence-electron chi connectivity index (χ0n) is 8.84. The Hall–Kier alpha value is -0.780. The molecule has 6 heteroatoms. The minimum absolute atomic E-state index is 0.0626. The fourth-order valence-corrected chi connectivity index (χ4v) is 2.99. The van der Waals surface area contributed by atoms with E-state index in [1.807, 2.05) is 0 Å². The lowest BCUT2D eigenvalue weighted by Gasteiger charge is -2.04. The van der Waals surface area contributed by atoms with E-state index in [2.05, 4.69) is 15.9 Å². The van der Waals surface area contributed by atoms with E-state index in [4.69, 9.17) is 11.6 Å². The highest BCUT2D eigenvalue weighted by Gasteiger charge is 2.19. The number of rotatable bonds is 3. The normalized spacial score (nSPS) is 10.7. The van der Waals surface area contributed by atoms with Gasteiger partial charge in [0.15, 0.2) is 5.78 Å². The third kappa shape index (κ3) is 2.96. The first-order valence-corrected chi connectivity index (χ1v) is 6.88. The van der Waals surface area contributed by atoms with Crippen LogP contribution < -0.4 is 0 Å². The maximum absolute atomic E-state index is 13.6. The average Bonchev–Trinajstić information content (AvgIpc) is 2.62. The molecule has 1 heterocycles. The van der Waals surface area contributed by atoms with Gasteiger partial charge in [-0.15, -0.1) is 11.3 Å². The lowest BCUT2D eigenvalue weighted by Crippen LogP contribution is -2.08. The molecule has 0 fully saturated rings. The summed E-state index contributed by atoms with van der Waals surface area (Å²) in [5.41, 5.74) is -0.511. The van der Waals surface area contributed by atoms with E-state index < -0.39 is 23.0 Å². The molecule has 1 aromatic carbocycles. The van der Waals surface area contributed by atoms with Crippen molar-refractivity contribution in [3.63, 3.8) is 0 Å². The van der Waals surface area contributed by atoms with Crippen molar-refractivity contribution < 1.29 is 13.6 Å². The standard InChI is InChI=1S/C12H6BrClF2OS/c13-6-3-8(15)12(9(16)4-6)10(17)5-7-1-2-11(14)18-7/h1-4H,5H2. The van der Waals surface area contributed by atoms with Crippen molar-refractivity contribution in [1.82, 2.24) is 0 Å². The molecule has 0 aliphatic heterocycles. The fraction of sp³-hybridized carbons (Fsp3) is 0.0833. The van der Waals surface area contributed by atoms with Crippen LogP contribution in [-0.2, 0) is 6.42 Å². The molecule has 0 atom stereocenters. The molecule has 0 aliphatic carbocycles. The van der Waals surface area contributed by atoms with Crippen LogP contribution in [0.25, 0.3) is 0 Å². The second kappa shape index (κ2) is 5.47. The summed E-state index contributed by atoms with van der Waals surface area (Å²) in [6.45, 7) is 0. The Morgan fingerprint density at radius 2 is 1.89 bits per heavy atom. The molecule has 94 valence electrons. The van der Waals surface area contributed by atoms with Crippen molar-refractivity contribution in [3.8, 4) is 0 Å². The van der Waals surface area contributed by atoms with Crippen molar-refractivity contribution in [1.29, 1.82) is 0 Å². The maximum atomic E-state index is 13.6. The van der Waals surface area contributed by atoms with Crippen molar-refractivity contribution >= 4 is 44.7 Å². The Morgan fingerprint density at radius 1 is 1.28 bits per heavy atom. The molecule has 0 saturated carbocycles. The van der Waals surface area contributed by atoms with E-state index in [1.165, 1.54) is 11.3 Å². The first kappa shape index (κ1) is 13.6.